The molecule has 0 aliphatic heterocycles. The van der Waals surface area contributed by atoms with Gasteiger partial charge >= 0.3 is 0 Å². The molecule has 0 radical (unpaired) electrons. The van der Waals surface area contributed by atoms with E-state index in [9.17, 15) is 9.59 Å². The normalized spacial score (nSPS) is 14.8. The summed E-state index contributed by atoms with van der Waals surface area (Å²) in [5.74, 6) is 0. The first-order valence-corrected chi connectivity index (χ1v) is 5.74. The molecule has 0 saturated heterocycles. The molecule has 2 aromatic carbocycles. The van der Waals surface area contributed by atoms with Gasteiger partial charge in [0.1, 0.15) is 6.04 Å². The number of aliphatic imine (C=N–C) groups is 2. The number of nitrogens with zero attached hydrogens (tertiary/aromatic N) is 2. The summed E-state index contributed by atoms with van der Waals surface area (Å²) in [5.41, 5.74) is 4.12. The van der Waals surface area contributed by atoms with Crippen molar-refractivity contribution in [2.45, 2.75) is 6.04 Å². The van der Waals surface area contributed by atoms with Gasteiger partial charge in [-0.25, -0.2) is 9.59 Å². The molecule has 90 valence electrons. The molecule has 1 atom stereocenters. The maximum atomic E-state index is 10.6. The SMILES string of the molecule is O=C=Nc1cccc2c1C(N=C=O)c1ccccc1-2. The highest BCUT2D eigenvalue weighted by molar-refractivity contribution is 5.83. The Balaban J connectivity index is 2.37. The molecule has 0 spiro atoms. The van der Waals surface area contributed by atoms with E-state index in [0.717, 1.165) is 22.3 Å². The third-order valence-electron chi connectivity index (χ3n) is 3.25. The second-order valence-corrected chi connectivity index (χ2v) is 4.15. The van der Waals surface area contributed by atoms with Crippen LogP contribution in [0.3, 0.4) is 0 Å². The highest BCUT2D eigenvalue weighted by Crippen LogP contribution is 2.48. The van der Waals surface area contributed by atoms with Crippen LogP contribution in [-0.2, 0) is 9.59 Å². The summed E-state index contributed by atoms with van der Waals surface area (Å²) in [6.45, 7) is 0. The van der Waals surface area contributed by atoms with Crippen LogP contribution in [0.25, 0.3) is 11.1 Å². The van der Waals surface area contributed by atoms with Gasteiger partial charge in [0.15, 0.2) is 0 Å². The zero-order valence-electron chi connectivity index (χ0n) is 9.83. The van der Waals surface area contributed by atoms with E-state index in [1.54, 1.807) is 12.1 Å². The molecular formula is C15H8N2O2. The second-order valence-electron chi connectivity index (χ2n) is 4.15. The summed E-state index contributed by atoms with van der Waals surface area (Å²) >= 11 is 0. The monoisotopic (exact) mass is 248 g/mol. The predicted molar refractivity (Wildman–Crippen MR) is 69.6 cm³/mol. The lowest BCUT2D eigenvalue weighted by molar-refractivity contribution is 0.561. The Morgan fingerprint density at radius 3 is 2.47 bits per heavy atom. The first-order valence-electron chi connectivity index (χ1n) is 5.74. The summed E-state index contributed by atoms with van der Waals surface area (Å²) in [4.78, 5) is 28.7. The number of carbonyl (C=O) groups excluding carboxylic acids is 2. The number of rotatable bonds is 2. The van der Waals surface area contributed by atoms with Crippen molar-refractivity contribution in [1.29, 1.82) is 0 Å². The smallest absolute Gasteiger partial charge is 0.211 e. The number of isocyanates is 2. The average Bonchev–Trinajstić information content (AvgIpc) is 2.76. The lowest BCUT2D eigenvalue weighted by Crippen LogP contribution is -1.92. The zero-order valence-corrected chi connectivity index (χ0v) is 9.83. The van der Waals surface area contributed by atoms with Gasteiger partial charge in [-0.05, 0) is 22.8 Å². The zero-order chi connectivity index (χ0) is 13.2. The van der Waals surface area contributed by atoms with Crippen LogP contribution < -0.4 is 0 Å². The molecule has 19 heavy (non-hydrogen) atoms. The van der Waals surface area contributed by atoms with Crippen LogP contribution in [0.5, 0.6) is 0 Å². The molecule has 0 amide bonds. The number of hydrogen-bond acceptors (Lipinski definition) is 4. The van der Waals surface area contributed by atoms with Crippen molar-refractivity contribution in [2.24, 2.45) is 9.98 Å². The summed E-state index contributed by atoms with van der Waals surface area (Å²) < 4.78 is 0. The van der Waals surface area contributed by atoms with Gasteiger partial charge in [0, 0.05) is 5.56 Å². The van der Waals surface area contributed by atoms with Crippen LogP contribution in [0, 0.1) is 0 Å². The molecule has 4 nitrogen and oxygen atoms in total. The van der Waals surface area contributed by atoms with Crippen molar-refractivity contribution in [3.8, 4) is 11.1 Å². The molecule has 2 aromatic rings. The second kappa shape index (κ2) is 4.46. The van der Waals surface area contributed by atoms with Crippen LogP contribution in [0.2, 0.25) is 0 Å². The van der Waals surface area contributed by atoms with Crippen LogP contribution in [0.4, 0.5) is 5.69 Å². The third-order valence-corrected chi connectivity index (χ3v) is 3.25. The van der Waals surface area contributed by atoms with Crippen molar-refractivity contribution in [2.75, 3.05) is 0 Å². The molecule has 0 bridgehead atoms. The van der Waals surface area contributed by atoms with E-state index in [1.165, 1.54) is 6.08 Å². The van der Waals surface area contributed by atoms with E-state index in [0.29, 0.717) is 5.69 Å². The van der Waals surface area contributed by atoms with Gasteiger partial charge in [0.2, 0.25) is 12.2 Å². The number of fused-ring (bicyclic) bond motifs is 3. The largest absolute Gasteiger partial charge is 0.240 e. The maximum absolute atomic E-state index is 10.6. The predicted octanol–water partition coefficient (Wildman–Crippen LogP) is 3.06. The molecule has 0 fully saturated rings. The Kier molecular flexibility index (Phi) is 2.66. The Bertz CT molecular complexity index is 754. The van der Waals surface area contributed by atoms with Gasteiger partial charge in [0.05, 0.1) is 5.69 Å². The topological polar surface area (TPSA) is 58.9 Å². The average molecular weight is 248 g/mol. The Hall–Kier alpha value is -2.80. The molecule has 3 rings (SSSR count). The Labute approximate surface area is 109 Å². The molecule has 1 aliphatic carbocycles. The van der Waals surface area contributed by atoms with Gasteiger partial charge < -0.3 is 0 Å². The molecule has 1 aliphatic rings. The third kappa shape index (κ3) is 1.64. The van der Waals surface area contributed by atoms with Crippen LogP contribution in [0.15, 0.2) is 52.4 Å². The van der Waals surface area contributed by atoms with Gasteiger partial charge in [-0.3, -0.25) is 0 Å². The Morgan fingerprint density at radius 1 is 0.895 bits per heavy atom. The fourth-order valence-corrected chi connectivity index (χ4v) is 2.54. The van der Waals surface area contributed by atoms with Crippen molar-refractivity contribution in [1.82, 2.24) is 0 Å². The maximum Gasteiger partial charge on any atom is 0.240 e. The van der Waals surface area contributed by atoms with E-state index < -0.39 is 6.04 Å². The van der Waals surface area contributed by atoms with Crippen molar-refractivity contribution < 1.29 is 9.59 Å². The van der Waals surface area contributed by atoms with Gasteiger partial charge in [-0.2, -0.15) is 9.98 Å². The molecule has 0 N–H and O–H groups in total. The van der Waals surface area contributed by atoms with Gasteiger partial charge in [-0.1, -0.05) is 36.4 Å². The van der Waals surface area contributed by atoms with E-state index >= 15 is 0 Å². The van der Waals surface area contributed by atoms with Crippen molar-refractivity contribution in [3.05, 3.63) is 53.6 Å². The quantitative estimate of drug-likeness (QED) is 0.605. The van der Waals surface area contributed by atoms with E-state index in [4.69, 9.17) is 0 Å². The lowest BCUT2D eigenvalue weighted by atomic mass is 10.0. The fraction of sp³-hybridized carbons (Fsp3) is 0.0667. The highest BCUT2D eigenvalue weighted by atomic mass is 16.1. The Morgan fingerprint density at radius 2 is 1.68 bits per heavy atom. The summed E-state index contributed by atoms with van der Waals surface area (Å²) in [6.07, 6.45) is 3.13. The lowest BCUT2D eigenvalue weighted by Gasteiger charge is -2.07. The molecule has 0 saturated carbocycles. The molecular weight excluding hydrogens is 240 g/mol. The minimum atomic E-state index is -0.447. The summed E-state index contributed by atoms with van der Waals surface area (Å²) in [7, 11) is 0. The fourth-order valence-electron chi connectivity index (χ4n) is 2.54. The molecule has 0 heterocycles. The van der Waals surface area contributed by atoms with E-state index in [1.807, 2.05) is 36.4 Å². The van der Waals surface area contributed by atoms with E-state index in [2.05, 4.69) is 9.98 Å². The standard InChI is InChI=1S/C15H8N2O2/c18-8-16-13-7-3-6-11-10-4-1-2-5-12(10)15(14(11)13)17-9-19/h1-7,15H. The van der Waals surface area contributed by atoms with Gasteiger partial charge in [0.25, 0.3) is 0 Å². The minimum absolute atomic E-state index is 0.447. The van der Waals surface area contributed by atoms with Crippen LogP contribution in [0.1, 0.15) is 17.2 Å². The number of hydrogen-bond donors (Lipinski definition) is 0. The van der Waals surface area contributed by atoms with Crippen molar-refractivity contribution in [3.63, 3.8) is 0 Å². The summed E-state index contributed by atoms with van der Waals surface area (Å²) in [6, 6.07) is 12.7. The van der Waals surface area contributed by atoms with Crippen molar-refractivity contribution >= 4 is 17.8 Å². The minimum Gasteiger partial charge on any atom is -0.211 e. The highest BCUT2D eigenvalue weighted by Gasteiger charge is 2.30. The number of benzene rings is 2. The van der Waals surface area contributed by atoms with Gasteiger partial charge in [-0.15, -0.1) is 0 Å². The first-order chi connectivity index (χ1) is 9.36. The van der Waals surface area contributed by atoms with E-state index in [-0.39, 0.29) is 0 Å². The van der Waals surface area contributed by atoms with Crippen LogP contribution >= 0.6 is 0 Å². The molecule has 0 aromatic heterocycles. The molecule has 1 unspecified atom stereocenters. The van der Waals surface area contributed by atoms with Crippen LogP contribution in [-0.4, -0.2) is 12.2 Å². The summed E-state index contributed by atoms with van der Waals surface area (Å²) in [5, 5.41) is 0. The molecule has 4 heteroatoms. The first kappa shape index (κ1) is 11.3.